The van der Waals surface area contributed by atoms with E-state index < -0.39 is 17.6 Å². The zero-order valence-corrected chi connectivity index (χ0v) is 14.9. The molecule has 0 aliphatic carbocycles. The second-order valence-electron chi connectivity index (χ2n) is 6.41. The van der Waals surface area contributed by atoms with Gasteiger partial charge in [0.25, 0.3) is 0 Å². The van der Waals surface area contributed by atoms with E-state index in [0.717, 1.165) is 17.8 Å². The Labute approximate surface area is 158 Å². The summed E-state index contributed by atoms with van der Waals surface area (Å²) in [4.78, 5) is 8.79. The van der Waals surface area contributed by atoms with E-state index >= 15 is 0 Å². The minimum absolute atomic E-state index is 0.128. The average molecular weight is 388 g/mol. The van der Waals surface area contributed by atoms with Gasteiger partial charge in [-0.05, 0) is 37.4 Å². The predicted octanol–water partition coefficient (Wildman–Crippen LogP) is 4.10. The number of halogens is 4. The van der Waals surface area contributed by atoms with E-state index in [9.17, 15) is 17.6 Å². The van der Waals surface area contributed by atoms with Crippen molar-refractivity contribution in [3.05, 3.63) is 82.7 Å². The van der Waals surface area contributed by atoms with Crippen LogP contribution >= 0.6 is 0 Å². The van der Waals surface area contributed by atoms with E-state index in [4.69, 9.17) is 0 Å². The first-order chi connectivity index (χ1) is 13.4. The molecule has 3 aromatic rings. The normalized spacial score (nSPS) is 13.5. The molecule has 0 saturated carbocycles. The molecular formula is C20H16F4N4. The first-order valence-electron chi connectivity index (χ1n) is 8.61. The average Bonchev–Trinajstić information content (AvgIpc) is 2.97. The van der Waals surface area contributed by atoms with Crippen molar-refractivity contribution in [1.82, 2.24) is 14.9 Å². The highest BCUT2D eigenvalue weighted by Crippen LogP contribution is 2.34. The fourth-order valence-corrected chi connectivity index (χ4v) is 3.36. The quantitative estimate of drug-likeness (QED) is 0.687. The number of hydrogen-bond acceptors (Lipinski definition) is 3. The van der Waals surface area contributed by atoms with Gasteiger partial charge in [0.05, 0.1) is 35.4 Å². The number of benzene rings is 2. The van der Waals surface area contributed by atoms with Crippen LogP contribution in [-0.4, -0.2) is 22.3 Å². The standard InChI is InChI=1S/C20H16F4N4/c1-25-9-13-10-26-18-11-27-19(14-4-2-3-5-16(14)21)15-8-12(20(22,23)24)6-7-17(15)28(13)18/h2-8,10,25H,9,11H2,1H3. The molecule has 1 aliphatic heterocycles. The third kappa shape index (κ3) is 3.09. The van der Waals surface area contributed by atoms with Crippen LogP contribution in [0.1, 0.15) is 28.2 Å². The molecule has 0 atom stereocenters. The minimum Gasteiger partial charge on any atom is -0.314 e. The lowest BCUT2D eigenvalue weighted by atomic mass is 9.97. The summed E-state index contributed by atoms with van der Waals surface area (Å²) in [5.41, 5.74) is 1.01. The van der Waals surface area contributed by atoms with E-state index in [1.807, 2.05) is 0 Å². The second kappa shape index (κ2) is 6.87. The van der Waals surface area contributed by atoms with Crippen LogP contribution in [0.25, 0.3) is 5.69 Å². The van der Waals surface area contributed by atoms with Crippen molar-refractivity contribution in [1.29, 1.82) is 0 Å². The first-order valence-corrected chi connectivity index (χ1v) is 8.61. The molecule has 28 heavy (non-hydrogen) atoms. The fraction of sp³-hybridized carbons (Fsp3) is 0.200. The van der Waals surface area contributed by atoms with E-state index in [0.29, 0.717) is 18.1 Å². The van der Waals surface area contributed by atoms with Gasteiger partial charge < -0.3 is 5.32 Å². The summed E-state index contributed by atoms with van der Waals surface area (Å²) in [5.74, 6) is 0.0391. The SMILES string of the molecule is CNCc1cnc2n1-c1ccc(C(F)(F)F)cc1C(c1ccccc1F)=NC2. The van der Waals surface area contributed by atoms with E-state index in [1.54, 1.807) is 23.9 Å². The maximum absolute atomic E-state index is 14.5. The van der Waals surface area contributed by atoms with Crippen molar-refractivity contribution >= 4 is 5.71 Å². The number of rotatable bonds is 3. The van der Waals surface area contributed by atoms with Gasteiger partial charge in [-0.1, -0.05) is 12.1 Å². The van der Waals surface area contributed by atoms with Crippen LogP contribution in [0.5, 0.6) is 0 Å². The summed E-state index contributed by atoms with van der Waals surface area (Å²) >= 11 is 0. The molecule has 4 rings (SSSR count). The Hall–Kier alpha value is -3.00. The molecule has 8 heteroatoms. The summed E-state index contributed by atoms with van der Waals surface area (Å²) in [6.07, 6.45) is -2.86. The van der Waals surface area contributed by atoms with Gasteiger partial charge in [0.15, 0.2) is 0 Å². The Morgan fingerprint density at radius 1 is 1.11 bits per heavy atom. The van der Waals surface area contributed by atoms with Gasteiger partial charge in [-0.25, -0.2) is 9.37 Å². The molecule has 1 aromatic heterocycles. The molecule has 1 aliphatic rings. The van der Waals surface area contributed by atoms with Gasteiger partial charge in [0, 0.05) is 17.7 Å². The van der Waals surface area contributed by atoms with Crippen LogP contribution in [0.15, 0.2) is 53.7 Å². The van der Waals surface area contributed by atoms with Crippen LogP contribution in [0, 0.1) is 5.82 Å². The molecular weight excluding hydrogens is 372 g/mol. The topological polar surface area (TPSA) is 42.2 Å². The zero-order chi connectivity index (χ0) is 19.9. The largest absolute Gasteiger partial charge is 0.416 e. The Balaban J connectivity index is 2.00. The molecule has 0 spiro atoms. The fourth-order valence-electron chi connectivity index (χ4n) is 3.36. The molecule has 1 N–H and O–H groups in total. The van der Waals surface area contributed by atoms with Crippen molar-refractivity contribution < 1.29 is 17.6 Å². The maximum Gasteiger partial charge on any atom is 0.416 e. The number of hydrogen-bond donors (Lipinski definition) is 1. The Morgan fingerprint density at radius 2 is 1.89 bits per heavy atom. The highest BCUT2D eigenvalue weighted by atomic mass is 19.4. The summed E-state index contributed by atoms with van der Waals surface area (Å²) in [5, 5.41) is 3.02. The predicted molar refractivity (Wildman–Crippen MR) is 97.1 cm³/mol. The molecule has 0 radical (unpaired) electrons. The molecule has 0 saturated heterocycles. The molecule has 144 valence electrons. The number of nitrogens with one attached hydrogen (secondary N) is 1. The van der Waals surface area contributed by atoms with Gasteiger partial charge in [0.1, 0.15) is 11.6 Å². The smallest absolute Gasteiger partial charge is 0.314 e. The van der Waals surface area contributed by atoms with Crippen molar-refractivity contribution in [2.75, 3.05) is 7.05 Å². The van der Waals surface area contributed by atoms with E-state index in [-0.39, 0.29) is 23.4 Å². The highest BCUT2D eigenvalue weighted by molar-refractivity contribution is 6.15. The molecule has 4 nitrogen and oxygen atoms in total. The third-order valence-electron chi connectivity index (χ3n) is 4.59. The Kier molecular flexibility index (Phi) is 4.50. The maximum atomic E-state index is 14.5. The van der Waals surface area contributed by atoms with Gasteiger partial charge in [0.2, 0.25) is 0 Å². The van der Waals surface area contributed by atoms with Crippen LogP contribution in [0.4, 0.5) is 17.6 Å². The Bertz CT molecular complexity index is 1070. The lowest BCUT2D eigenvalue weighted by molar-refractivity contribution is -0.137. The van der Waals surface area contributed by atoms with Gasteiger partial charge >= 0.3 is 6.18 Å². The van der Waals surface area contributed by atoms with Crippen LogP contribution in [-0.2, 0) is 19.3 Å². The molecule has 0 amide bonds. The Morgan fingerprint density at radius 3 is 2.61 bits per heavy atom. The third-order valence-corrected chi connectivity index (χ3v) is 4.59. The van der Waals surface area contributed by atoms with Crippen LogP contribution in [0.2, 0.25) is 0 Å². The van der Waals surface area contributed by atoms with Crippen molar-refractivity contribution in [3.8, 4) is 5.69 Å². The lowest BCUT2D eigenvalue weighted by Gasteiger charge is -2.17. The molecule has 0 unspecified atom stereocenters. The number of alkyl halides is 3. The van der Waals surface area contributed by atoms with Gasteiger partial charge in [-0.15, -0.1) is 0 Å². The molecule has 0 fully saturated rings. The minimum atomic E-state index is -4.52. The number of aliphatic imine (C=N–C) groups is 1. The lowest BCUT2D eigenvalue weighted by Crippen LogP contribution is -2.15. The molecule has 2 heterocycles. The number of fused-ring (bicyclic) bond motifs is 3. The van der Waals surface area contributed by atoms with Crippen molar-refractivity contribution in [2.45, 2.75) is 19.3 Å². The summed E-state index contributed by atoms with van der Waals surface area (Å²) in [7, 11) is 1.77. The molecule has 2 aromatic carbocycles. The first kappa shape index (κ1) is 18.4. The summed E-state index contributed by atoms with van der Waals surface area (Å²) in [6, 6.07) is 9.38. The van der Waals surface area contributed by atoms with Gasteiger partial charge in [-0.2, -0.15) is 13.2 Å². The van der Waals surface area contributed by atoms with Crippen LogP contribution in [0.3, 0.4) is 0 Å². The number of nitrogens with zero attached hydrogens (tertiary/aromatic N) is 3. The van der Waals surface area contributed by atoms with E-state index in [2.05, 4.69) is 15.3 Å². The zero-order valence-electron chi connectivity index (χ0n) is 14.9. The highest BCUT2D eigenvalue weighted by Gasteiger charge is 2.33. The summed E-state index contributed by atoms with van der Waals surface area (Å²) < 4.78 is 56.3. The number of imidazole rings is 1. The van der Waals surface area contributed by atoms with E-state index in [1.165, 1.54) is 24.3 Å². The van der Waals surface area contributed by atoms with Crippen LogP contribution < -0.4 is 5.32 Å². The van der Waals surface area contributed by atoms with Gasteiger partial charge in [-0.3, -0.25) is 9.56 Å². The monoisotopic (exact) mass is 388 g/mol. The molecule has 0 bridgehead atoms. The van der Waals surface area contributed by atoms with Crippen molar-refractivity contribution in [3.63, 3.8) is 0 Å². The summed E-state index contributed by atoms with van der Waals surface area (Å²) in [6.45, 7) is 0.603. The van der Waals surface area contributed by atoms with Crippen molar-refractivity contribution in [2.24, 2.45) is 4.99 Å². The number of aromatic nitrogens is 2. The second-order valence-corrected chi connectivity index (χ2v) is 6.41.